The molecule has 1 aromatic rings. The van der Waals surface area contributed by atoms with Crippen LogP contribution in [-0.4, -0.2) is 43.4 Å². The maximum atomic E-state index is 12.5. The second kappa shape index (κ2) is 5.21. The van der Waals surface area contributed by atoms with E-state index >= 15 is 0 Å². The van der Waals surface area contributed by atoms with Crippen LogP contribution >= 0.6 is 0 Å². The molecule has 0 aliphatic carbocycles. The predicted molar refractivity (Wildman–Crippen MR) is 74.3 cm³/mol. The smallest absolute Gasteiger partial charge is 0.181 e. The maximum Gasteiger partial charge on any atom is 0.181 e. The van der Waals surface area contributed by atoms with Crippen molar-refractivity contribution in [3.05, 3.63) is 34.4 Å². The van der Waals surface area contributed by atoms with Gasteiger partial charge in [-0.1, -0.05) is 6.07 Å². The third kappa shape index (κ3) is 2.62. The molecule has 1 N–H and O–H groups in total. The highest BCUT2D eigenvalue weighted by molar-refractivity contribution is 6.01. The van der Waals surface area contributed by atoms with Gasteiger partial charge in [-0.15, -0.1) is 0 Å². The van der Waals surface area contributed by atoms with E-state index in [0.29, 0.717) is 0 Å². The number of aryl methyl sites for hydroxylation is 3. The Morgan fingerprint density at radius 3 is 2.56 bits per heavy atom. The SMILES string of the molecule is Cc1cc(C)c(C(=O)C2CN(C)CCN2)cc1C. The van der Waals surface area contributed by atoms with Crippen LogP contribution in [0.2, 0.25) is 0 Å². The molecule has 3 nitrogen and oxygen atoms in total. The Balaban J connectivity index is 2.25. The van der Waals surface area contributed by atoms with E-state index < -0.39 is 0 Å². The fraction of sp³-hybridized carbons (Fsp3) is 0.533. The van der Waals surface area contributed by atoms with Gasteiger partial charge in [-0.2, -0.15) is 0 Å². The van der Waals surface area contributed by atoms with Crippen molar-refractivity contribution in [2.45, 2.75) is 26.8 Å². The van der Waals surface area contributed by atoms with Gasteiger partial charge in [-0.05, 0) is 50.6 Å². The largest absolute Gasteiger partial charge is 0.305 e. The molecule has 1 atom stereocenters. The number of benzene rings is 1. The fourth-order valence-corrected chi connectivity index (χ4v) is 2.49. The van der Waals surface area contributed by atoms with E-state index in [0.717, 1.165) is 30.8 Å². The molecule has 0 saturated carbocycles. The van der Waals surface area contributed by atoms with Crippen LogP contribution in [0.3, 0.4) is 0 Å². The molecule has 1 unspecified atom stereocenters. The molecule has 18 heavy (non-hydrogen) atoms. The van der Waals surface area contributed by atoms with E-state index in [-0.39, 0.29) is 11.8 Å². The van der Waals surface area contributed by atoms with Crippen molar-refractivity contribution in [3.63, 3.8) is 0 Å². The first kappa shape index (κ1) is 13.2. The van der Waals surface area contributed by atoms with Crippen molar-refractivity contribution in [2.24, 2.45) is 0 Å². The van der Waals surface area contributed by atoms with Gasteiger partial charge in [-0.3, -0.25) is 4.79 Å². The molecule has 0 radical (unpaired) electrons. The number of nitrogens with zero attached hydrogens (tertiary/aromatic N) is 1. The number of rotatable bonds is 2. The number of hydrogen-bond acceptors (Lipinski definition) is 3. The molecule has 0 spiro atoms. The lowest BCUT2D eigenvalue weighted by Gasteiger charge is -2.30. The Labute approximate surface area is 109 Å². The monoisotopic (exact) mass is 246 g/mol. The Bertz CT molecular complexity index is 468. The number of ketones is 1. The van der Waals surface area contributed by atoms with E-state index in [1.807, 2.05) is 13.0 Å². The molecule has 0 aromatic heterocycles. The highest BCUT2D eigenvalue weighted by atomic mass is 16.1. The zero-order chi connectivity index (χ0) is 13.3. The van der Waals surface area contributed by atoms with Crippen LogP contribution < -0.4 is 5.32 Å². The summed E-state index contributed by atoms with van der Waals surface area (Å²) in [7, 11) is 2.06. The quantitative estimate of drug-likeness (QED) is 0.806. The number of piperazine rings is 1. The number of carbonyl (C=O) groups is 1. The first-order valence-electron chi connectivity index (χ1n) is 6.53. The number of likely N-dealkylation sites (N-methyl/N-ethyl adjacent to an activating group) is 1. The molecule has 0 amide bonds. The number of nitrogens with one attached hydrogen (secondary N) is 1. The van der Waals surface area contributed by atoms with Crippen LogP contribution in [0.4, 0.5) is 0 Å². The van der Waals surface area contributed by atoms with Crippen molar-refractivity contribution in [2.75, 3.05) is 26.7 Å². The number of carbonyl (C=O) groups excluding carboxylic acids is 1. The summed E-state index contributed by atoms with van der Waals surface area (Å²) in [6.07, 6.45) is 0. The molecule has 1 fully saturated rings. The summed E-state index contributed by atoms with van der Waals surface area (Å²) in [5.74, 6) is 0.224. The van der Waals surface area contributed by atoms with Gasteiger partial charge in [0.15, 0.2) is 5.78 Å². The van der Waals surface area contributed by atoms with Crippen LogP contribution in [-0.2, 0) is 0 Å². The number of hydrogen-bond donors (Lipinski definition) is 1. The Morgan fingerprint density at radius 2 is 1.89 bits per heavy atom. The highest BCUT2D eigenvalue weighted by Gasteiger charge is 2.25. The highest BCUT2D eigenvalue weighted by Crippen LogP contribution is 2.17. The average Bonchev–Trinajstić information content (AvgIpc) is 2.33. The summed E-state index contributed by atoms with van der Waals surface area (Å²) in [6.45, 7) is 8.86. The zero-order valence-corrected chi connectivity index (χ0v) is 11.7. The van der Waals surface area contributed by atoms with E-state index in [4.69, 9.17) is 0 Å². The molecule has 1 aromatic carbocycles. The van der Waals surface area contributed by atoms with Gasteiger partial charge in [0.05, 0.1) is 6.04 Å². The van der Waals surface area contributed by atoms with Crippen LogP contribution in [0.5, 0.6) is 0 Å². The van der Waals surface area contributed by atoms with E-state index in [1.54, 1.807) is 0 Å². The van der Waals surface area contributed by atoms with Gasteiger partial charge < -0.3 is 10.2 Å². The fourth-order valence-electron chi connectivity index (χ4n) is 2.49. The average molecular weight is 246 g/mol. The lowest BCUT2D eigenvalue weighted by Crippen LogP contribution is -2.52. The minimum atomic E-state index is -0.0652. The molecule has 1 heterocycles. The molecule has 2 rings (SSSR count). The van der Waals surface area contributed by atoms with Gasteiger partial charge in [0.2, 0.25) is 0 Å². The van der Waals surface area contributed by atoms with Gasteiger partial charge in [0.25, 0.3) is 0 Å². The summed E-state index contributed by atoms with van der Waals surface area (Å²) >= 11 is 0. The lowest BCUT2D eigenvalue weighted by atomic mass is 9.94. The first-order valence-corrected chi connectivity index (χ1v) is 6.53. The lowest BCUT2D eigenvalue weighted by molar-refractivity contribution is 0.0893. The summed E-state index contributed by atoms with van der Waals surface area (Å²) in [4.78, 5) is 14.7. The van der Waals surface area contributed by atoms with Crippen molar-refractivity contribution in [1.82, 2.24) is 10.2 Å². The molecule has 1 saturated heterocycles. The molecular formula is C15H22N2O. The molecule has 1 aliphatic rings. The van der Waals surface area contributed by atoms with Gasteiger partial charge >= 0.3 is 0 Å². The summed E-state index contributed by atoms with van der Waals surface area (Å²) < 4.78 is 0. The van der Waals surface area contributed by atoms with Gasteiger partial charge in [0, 0.05) is 25.2 Å². The summed E-state index contributed by atoms with van der Waals surface area (Å²) in [5.41, 5.74) is 4.38. The maximum absolute atomic E-state index is 12.5. The van der Waals surface area contributed by atoms with Crippen LogP contribution in [0, 0.1) is 20.8 Å². The van der Waals surface area contributed by atoms with E-state index in [9.17, 15) is 4.79 Å². The second-order valence-electron chi connectivity index (χ2n) is 5.38. The van der Waals surface area contributed by atoms with Crippen molar-refractivity contribution >= 4 is 5.78 Å². The summed E-state index contributed by atoms with van der Waals surface area (Å²) in [5, 5.41) is 3.32. The normalized spacial score (nSPS) is 21.0. The van der Waals surface area contributed by atoms with Crippen LogP contribution in [0.15, 0.2) is 12.1 Å². The molecule has 0 bridgehead atoms. The first-order chi connectivity index (χ1) is 8.49. The van der Waals surface area contributed by atoms with E-state index in [2.05, 4.69) is 37.2 Å². The standard InChI is InChI=1S/C15H22N2O/c1-10-7-12(3)13(8-11(10)2)15(18)14-9-17(4)6-5-16-14/h7-8,14,16H,5-6,9H2,1-4H3. The van der Waals surface area contributed by atoms with E-state index in [1.165, 1.54) is 11.1 Å². The summed E-state index contributed by atoms with van der Waals surface area (Å²) in [6, 6.07) is 4.07. The zero-order valence-electron chi connectivity index (χ0n) is 11.7. The second-order valence-corrected chi connectivity index (χ2v) is 5.38. The van der Waals surface area contributed by atoms with Crippen molar-refractivity contribution < 1.29 is 4.79 Å². The topological polar surface area (TPSA) is 32.3 Å². The predicted octanol–water partition coefficient (Wildman–Crippen LogP) is 1.70. The van der Waals surface area contributed by atoms with Crippen LogP contribution in [0.25, 0.3) is 0 Å². The minimum Gasteiger partial charge on any atom is -0.305 e. The molecular weight excluding hydrogens is 224 g/mol. The number of Topliss-reactive ketones (excluding diaryl/α,β-unsaturated/α-hetero) is 1. The Kier molecular flexibility index (Phi) is 3.83. The molecule has 1 aliphatic heterocycles. The van der Waals surface area contributed by atoms with Crippen molar-refractivity contribution in [3.8, 4) is 0 Å². The van der Waals surface area contributed by atoms with Gasteiger partial charge in [0.1, 0.15) is 0 Å². The Hall–Kier alpha value is -1.19. The van der Waals surface area contributed by atoms with Gasteiger partial charge in [-0.25, -0.2) is 0 Å². The van der Waals surface area contributed by atoms with Crippen LogP contribution in [0.1, 0.15) is 27.0 Å². The third-order valence-electron chi connectivity index (χ3n) is 3.80. The Morgan fingerprint density at radius 1 is 1.22 bits per heavy atom. The molecule has 3 heteroatoms. The molecule has 98 valence electrons. The van der Waals surface area contributed by atoms with Crippen molar-refractivity contribution in [1.29, 1.82) is 0 Å². The third-order valence-corrected chi connectivity index (χ3v) is 3.80. The minimum absolute atomic E-state index is 0.0652.